The number of nitrogens with zero attached hydrogens (tertiary/aromatic N) is 2. The second kappa shape index (κ2) is 5.22. The van der Waals surface area contributed by atoms with Gasteiger partial charge >= 0.3 is 0 Å². The number of halogens is 1. The summed E-state index contributed by atoms with van der Waals surface area (Å²) in [5.41, 5.74) is 6.14. The summed E-state index contributed by atoms with van der Waals surface area (Å²) in [4.78, 5) is 14.2. The van der Waals surface area contributed by atoms with E-state index in [9.17, 15) is 10.1 Å². The molecule has 0 bridgehead atoms. The van der Waals surface area contributed by atoms with Crippen LogP contribution < -0.4 is 11.1 Å². The lowest BCUT2D eigenvalue weighted by molar-refractivity contribution is -0.385. The molecule has 0 fully saturated rings. The first-order valence-electron chi connectivity index (χ1n) is 4.72. The van der Waals surface area contributed by atoms with E-state index in [0.29, 0.717) is 22.4 Å². The monoisotopic (exact) mass is 288 g/mol. The summed E-state index contributed by atoms with van der Waals surface area (Å²) in [5, 5.41) is 13.7. The Balaban J connectivity index is 2.98. The van der Waals surface area contributed by atoms with E-state index in [1.165, 1.54) is 6.20 Å². The summed E-state index contributed by atoms with van der Waals surface area (Å²) < 4.78 is 0.599. The Kier molecular flexibility index (Phi) is 4.19. The highest BCUT2D eigenvalue weighted by Gasteiger charge is 2.16. The standard InChI is InChI=1S/C9H13BrN4O2/c1-5(11)3-12-9-8(10)6(2)7(4-13-9)14(15)16/h4-5H,3,11H2,1-2H3,(H,12,13). The summed E-state index contributed by atoms with van der Waals surface area (Å²) in [6, 6.07) is -0.0100. The molecule has 0 radical (unpaired) electrons. The number of pyridine rings is 1. The van der Waals surface area contributed by atoms with Gasteiger partial charge in [0.1, 0.15) is 12.0 Å². The van der Waals surface area contributed by atoms with E-state index in [4.69, 9.17) is 5.73 Å². The van der Waals surface area contributed by atoms with Gasteiger partial charge in [-0.3, -0.25) is 10.1 Å². The van der Waals surface area contributed by atoms with Gasteiger partial charge in [0.05, 0.1) is 9.40 Å². The van der Waals surface area contributed by atoms with Crippen molar-refractivity contribution in [2.75, 3.05) is 11.9 Å². The van der Waals surface area contributed by atoms with Gasteiger partial charge in [-0.25, -0.2) is 4.98 Å². The van der Waals surface area contributed by atoms with Crippen LogP contribution in [0.1, 0.15) is 12.5 Å². The van der Waals surface area contributed by atoms with E-state index >= 15 is 0 Å². The lowest BCUT2D eigenvalue weighted by Crippen LogP contribution is -2.25. The molecule has 1 aromatic heterocycles. The van der Waals surface area contributed by atoms with Crippen LogP contribution in [0.4, 0.5) is 11.5 Å². The van der Waals surface area contributed by atoms with E-state index in [2.05, 4.69) is 26.2 Å². The van der Waals surface area contributed by atoms with Gasteiger partial charge in [0.25, 0.3) is 5.69 Å². The maximum Gasteiger partial charge on any atom is 0.291 e. The Labute approximate surface area is 102 Å². The van der Waals surface area contributed by atoms with Crippen LogP contribution in [0, 0.1) is 17.0 Å². The molecule has 1 atom stereocenters. The summed E-state index contributed by atoms with van der Waals surface area (Å²) >= 11 is 3.28. The fourth-order valence-corrected chi connectivity index (χ4v) is 1.58. The molecule has 0 saturated heterocycles. The Hall–Kier alpha value is -1.21. The maximum absolute atomic E-state index is 10.7. The first kappa shape index (κ1) is 12.9. The number of nitrogens with two attached hydrogens (primary N) is 1. The van der Waals surface area contributed by atoms with Gasteiger partial charge in [-0.2, -0.15) is 0 Å². The van der Waals surface area contributed by atoms with Gasteiger partial charge in [0, 0.05) is 18.2 Å². The third-order valence-electron chi connectivity index (χ3n) is 2.03. The van der Waals surface area contributed by atoms with Gasteiger partial charge in [-0.1, -0.05) is 0 Å². The smallest absolute Gasteiger partial charge is 0.291 e. The summed E-state index contributed by atoms with van der Waals surface area (Å²) in [6.07, 6.45) is 1.24. The number of anilines is 1. The predicted octanol–water partition coefficient (Wildman–Crippen LogP) is 1.82. The number of nitrogens with one attached hydrogen (secondary N) is 1. The van der Waals surface area contributed by atoms with Crippen LogP contribution in [0.25, 0.3) is 0 Å². The molecule has 1 rings (SSSR count). The van der Waals surface area contributed by atoms with Gasteiger partial charge in [0.15, 0.2) is 0 Å². The molecule has 1 aromatic rings. The van der Waals surface area contributed by atoms with Crippen molar-refractivity contribution < 1.29 is 4.92 Å². The van der Waals surface area contributed by atoms with Crippen molar-refractivity contribution in [3.8, 4) is 0 Å². The first-order chi connectivity index (χ1) is 7.43. The van der Waals surface area contributed by atoms with Crippen LogP contribution in [-0.4, -0.2) is 22.5 Å². The van der Waals surface area contributed by atoms with Crippen molar-refractivity contribution in [2.45, 2.75) is 19.9 Å². The van der Waals surface area contributed by atoms with Crippen LogP contribution in [-0.2, 0) is 0 Å². The molecule has 16 heavy (non-hydrogen) atoms. The number of hydrogen-bond acceptors (Lipinski definition) is 5. The molecular weight excluding hydrogens is 276 g/mol. The normalized spacial score (nSPS) is 12.2. The third kappa shape index (κ3) is 2.89. The second-order valence-corrected chi connectivity index (χ2v) is 4.34. The van der Waals surface area contributed by atoms with Crippen molar-refractivity contribution >= 4 is 27.4 Å². The highest BCUT2D eigenvalue weighted by molar-refractivity contribution is 9.10. The first-order valence-corrected chi connectivity index (χ1v) is 5.51. The van der Waals surface area contributed by atoms with Crippen LogP contribution in [0.5, 0.6) is 0 Å². The summed E-state index contributed by atoms with van der Waals surface area (Å²) in [5.74, 6) is 0.570. The van der Waals surface area contributed by atoms with E-state index in [-0.39, 0.29) is 11.7 Å². The minimum Gasteiger partial charge on any atom is -0.368 e. The molecule has 3 N–H and O–H groups in total. The van der Waals surface area contributed by atoms with Crippen LogP contribution in [0.15, 0.2) is 10.7 Å². The molecule has 1 heterocycles. The fourth-order valence-electron chi connectivity index (χ4n) is 1.13. The molecule has 0 aliphatic carbocycles. The largest absolute Gasteiger partial charge is 0.368 e. The van der Waals surface area contributed by atoms with E-state index in [1.807, 2.05) is 6.92 Å². The average molecular weight is 289 g/mol. The Bertz CT molecular complexity index is 409. The number of hydrogen-bond donors (Lipinski definition) is 2. The lowest BCUT2D eigenvalue weighted by Gasteiger charge is -2.11. The molecule has 1 unspecified atom stereocenters. The molecule has 88 valence electrons. The lowest BCUT2D eigenvalue weighted by atomic mass is 10.2. The Morgan fingerprint density at radius 1 is 1.75 bits per heavy atom. The molecule has 0 aromatic carbocycles. The highest BCUT2D eigenvalue weighted by atomic mass is 79.9. The Morgan fingerprint density at radius 3 is 2.88 bits per heavy atom. The number of nitro groups is 1. The zero-order valence-electron chi connectivity index (χ0n) is 9.03. The minimum atomic E-state index is -0.456. The average Bonchev–Trinajstić information content (AvgIpc) is 2.19. The SMILES string of the molecule is Cc1c([N+](=O)[O-])cnc(NCC(C)N)c1Br. The molecule has 6 nitrogen and oxygen atoms in total. The predicted molar refractivity (Wildman–Crippen MR) is 65.5 cm³/mol. The van der Waals surface area contributed by atoms with Gasteiger partial charge in [-0.05, 0) is 29.8 Å². The highest BCUT2D eigenvalue weighted by Crippen LogP contribution is 2.30. The van der Waals surface area contributed by atoms with Crippen LogP contribution >= 0.6 is 15.9 Å². The van der Waals surface area contributed by atoms with Crippen molar-refractivity contribution in [3.05, 3.63) is 26.3 Å². The molecule has 0 spiro atoms. The topological polar surface area (TPSA) is 94.1 Å². The van der Waals surface area contributed by atoms with Crippen LogP contribution in [0.2, 0.25) is 0 Å². The maximum atomic E-state index is 10.7. The van der Waals surface area contributed by atoms with Gasteiger partial charge in [-0.15, -0.1) is 0 Å². The van der Waals surface area contributed by atoms with E-state index in [0.717, 1.165) is 0 Å². The van der Waals surface area contributed by atoms with Crippen molar-refractivity contribution in [3.63, 3.8) is 0 Å². The summed E-state index contributed by atoms with van der Waals surface area (Å²) in [6.45, 7) is 4.09. The molecule has 7 heteroatoms. The summed E-state index contributed by atoms with van der Waals surface area (Å²) in [7, 11) is 0. The third-order valence-corrected chi connectivity index (χ3v) is 3.00. The minimum absolute atomic E-state index is 0.00165. The molecule has 0 amide bonds. The quantitative estimate of drug-likeness (QED) is 0.651. The molecular formula is C9H13BrN4O2. The van der Waals surface area contributed by atoms with Crippen LogP contribution in [0.3, 0.4) is 0 Å². The zero-order chi connectivity index (χ0) is 12.3. The number of aromatic nitrogens is 1. The number of rotatable bonds is 4. The fraction of sp³-hybridized carbons (Fsp3) is 0.444. The second-order valence-electron chi connectivity index (χ2n) is 3.55. The molecule has 0 aliphatic rings. The van der Waals surface area contributed by atoms with Crippen molar-refractivity contribution in [1.82, 2.24) is 4.98 Å². The van der Waals surface area contributed by atoms with Crippen molar-refractivity contribution in [1.29, 1.82) is 0 Å². The van der Waals surface area contributed by atoms with Gasteiger partial charge in [0.2, 0.25) is 0 Å². The Morgan fingerprint density at radius 2 is 2.38 bits per heavy atom. The zero-order valence-corrected chi connectivity index (χ0v) is 10.6. The van der Waals surface area contributed by atoms with E-state index < -0.39 is 4.92 Å². The molecule has 0 aliphatic heterocycles. The van der Waals surface area contributed by atoms with Crippen molar-refractivity contribution in [2.24, 2.45) is 5.73 Å². The molecule has 0 saturated carbocycles. The van der Waals surface area contributed by atoms with E-state index in [1.54, 1.807) is 6.92 Å². The van der Waals surface area contributed by atoms with Gasteiger partial charge < -0.3 is 11.1 Å².